The summed E-state index contributed by atoms with van der Waals surface area (Å²) in [5.74, 6) is -1.32. The van der Waals surface area contributed by atoms with Gasteiger partial charge in [0.05, 0.1) is 12.7 Å². The Kier molecular flexibility index (Phi) is 2.01. The largest absolute Gasteiger partial charge is 0.508 e. The first-order valence-electron chi connectivity index (χ1n) is 4.41. The summed E-state index contributed by atoms with van der Waals surface area (Å²) in [6.07, 6.45) is -0.0868. The van der Waals surface area contributed by atoms with Gasteiger partial charge in [-0.05, 0) is 13.8 Å². The Bertz CT molecular complexity index is 294. The third-order valence-electron chi connectivity index (χ3n) is 2.17. The Hall–Kier alpha value is -1.07. The van der Waals surface area contributed by atoms with Crippen LogP contribution in [0.3, 0.4) is 0 Å². The Labute approximate surface area is 81.3 Å². The lowest BCUT2D eigenvalue weighted by Crippen LogP contribution is -2.32. The first-order valence-corrected chi connectivity index (χ1v) is 4.41. The lowest BCUT2D eigenvalue weighted by atomic mass is 10.2. The molecular formula is C9H12O5. The predicted octanol–water partition coefficient (Wildman–Crippen LogP) is 0.505. The van der Waals surface area contributed by atoms with Crippen LogP contribution in [-0.4, -0.2) is 35.7 Å². The molecule has 2 atom stereocenters. The smallest absolute Gasteiger partial charge is 0.335 e. The van der Waals surface area contributed by atoms with Crippen molar-refractivity contribution in [1.82, 2.24) is 0 Å². The van der Waals surface area contributed by atoms with Crippen LogP contribution >= 0.6 is 0 Å². The normalized spacial score (nSPS) is 35.6. The molecule has 78 valence electrons. The van der Waals surface area contributed by atoms with Gasteiger partial charge in [0.1, 0.15) is 11.9 Å². The van der Waals surface area contributed by atoms with Crippen LogP contribution in [-0.2, 0) is 19.0 Å². The van der Waals surface area contributed by atoms with E-state index in [9.17, 15) is 9.90 Å². The van der Waals surface area contributed by atoms with Crippen molar-refractivity contribution in [1.29, 1.82) is 0 Å². The summed E-state index contributed by atoms with van der Waals surface area (Å²) in [5.41, 5.74) is 0. The van der Waals surface area contributed by atoms with Gasteiger partial charge in [-0.15, -0.1) is 0 Å². The van der Waals surface area contributed by atoms with Crippen LogP contribution in [0.2, 0.25) is 0 Å². The molecule has 0 bridgehead atoms. The van der Waals surface area contributed by atoms with Gasteiger partial charge in [-0.25, -0.2) is 4.79 Å². The fraction of sp³-hybridized carbons (Fsp3) is 0.667. The van der Waals surface area contributed by atoms with Gasteiger partial charge in [-0.3, -0.25) is 0 Å². The molecule has 0 radical (unpaired) electrons. The molecule has 5 heteroatoms. The molecule has 2 rings (SSSR count). The number of rotatable bonds is 1. The van der Waals surface area contributed by atoms with E-state index in [0.717, 1.165) is 6.08 Å². The van der Waals surface area contributed by atoms with Crippen molar-refractivity contribution in [2.24, 2.45) is 0 Å². The van der Waals surface area contributed by atoms with Crippen LogP contribution in [0.15, 0.2) is 11.8 Å². The minimum Gasteiger partial charge on any atom is -0.508 e. The Morgan fingerprint density at radius 3 is 2.71 bits per heavy atom. The van der Waals surface area contributed by atoms with Gasteiger partial charge in [0, 0.05) is 0 Å². The van der Waals surface area contributed by atoms with Gasteiger partial charge in [0.15, 0.2) is 11.9 Å². The molecule has 0 aliphatic carbocycles. The Morgan fingerprint density at radius 2 is 2.29 bits per heavy atom. The number of hydrogen-bond donors (Lipinski definition) is 1. The van der Waals surface area contributed by atoms with Crippen LogP contribution in [0.1, 0.15) is 13.8 Å². The topological polar surface area (TPSA) is 65.0 Å². The molecule has 0 spiro atoms. The maximum absolute atomic E-state index is 10.8. The highest BCUT2D eigenvalue weighted by atomic mass is 16.8. The number of aliphatic hydroxyl groups is 1. The van der Waals surface area contributed by atoms with Crippen LogP contribution in [0.25, 0.3) is 0 Å². The second-order valence-electron chi connectivity index (χ2n) is 3.79. The molecule has 14 heavy (non-hydrogen) atoms. The SMILES string of the molecule is CC1(C)OCC(C2OC(=O)C=C2O)O1. The van der Waals surface area contributed by atoms with Crippen molar-refractivity contribution in [3.8, 4) is 0 Å². The molecule has 1 N–H and O–H groups in total. The summed E-state index contributed by atoms with van der Waals surface area (Å²) in [4.78, 5) is 10.8. The van der Waals surface area contributed by atoms with Crippen molar-refractivity contribution in [3.63, 3.8) is 0 Å². The first kappa shape index (κ1) is 9.48. The second kappa shape index (κ2) is 2.96. The van der Waals surface area contributed by atoms with Crippen molar-refractivity contribution in [2.45, 2.75) is 31.8 Å². The van der Waals surface area contributed by atoms with E-state index in [1.165, 1.54) is 0 Å². The van der Waals surface area contributed by atoms with Crippen molar-refractivity contribution >= 4 is 5.97 Å². The summed E-state index contributed by atoms with van der Waals surface area (Å²) in [6, 6.07) is 0. The second-order valence-corrected chi connectivity index (χ2v) is 3.79. The minimum atomic E-state index is -0.718. The fourth-order valence-electron chi connectivity index (χ4n) is 1.55. The van der Waals surface area contributed by atoms with E-state index in [1.807, 2.05) is 0 Å². The van der Waals surface area contributed by atoms with Crippen molar-refractivity contribution < 1.29 is 24.1 Å². The van der Waals surface area contributed by atoms with Gasteiger partial charge in [-0.2, -0.15) is 0 Å². The third-order valence-corrected chi connectivity index (χ3v) is 2.17. The number of ether oxygens (including phenoxy) is 3. The molecule has 0 aromatic rings. The monoisotopic (exact) mass is 200 g/mol. The van der Waals surface area contributed by atoms with Crippen LogP contribution in [0, 0.1) is 0 Å². The highest BCUT2D eigenvalue weighted by Gasteiger charge is 2.43. The fourth-order valence-corrected chi connectivity index (χ4v) is 1.55. The predicted molar refractivity (Wildman–Crippen MR) is 45.5 cm³/mol. The van der Waals surface area contributed by atoms with E-state index in [0.29, 0.717) is 6.61 Å². The highest BCUT2D eigenvalue weighted by Crippen LogP contribution is 2.29. The molecule has 0 amide bonds. The molecule has 0 aromatic carbocycles. The number of cyclic esters (lactones) is 1. The molecule has 0 saturated carbocycles. The molecule has 1 saturated heterocycles. The van der Waals surface area contributed by atoms with E-state index >= 15 is 0 Å². The average molecular weight is 200 g/mol. The molecule has 2 aliphatic heterocycles. The first-order chi connectivity index (χ1) is 6.48. The molecule has 1 fully saturated rings. The number of esters is 1. The molecule has 0 aromatic heterocycles. The zero-order valence-corrected chi connectivity index (χ0v) is 8.02. The van der Waals surface area contributed by atoms with Gasteiger partial charge in [0.2, 0.25) is 0 Å². The summed E-state index contributed by atoms with van der Waals surface area (Å²) < 4.78 is 15.6. The zero-order valence-electron chi connectivity index (χ0n) is 8.02. The Morgan fingerprint density at radius 1 is 1.57 bits per heavy atom. The van der Waals surface area contributed by atoms with E-state index in [1.54, 1.807) is 13.8 Å². The van der Waals surface area contributed by atoms with E-state index < -0.39 is 24.0 Å². The maximum atomic E-state index is 10.8. The number of aliphatic hydroxyl groups excluding tert-OH is 1. The molecule has 2 heterocycles. The third kappa shape index (κ3) is 1.60. The lowest BCUT2D eigenvalue weighted by molar-refractivity contribution is -0.162. The number of hydrogen-bond acceptors (Lipinski definition) is 5. The van der Waals surface area contributed by atoms with E-state index in [4.69, 9.17) is 14.2 Å². The van der Waals surface area contributed by atoms with E-state index in [2.05, 4.69) is 0 Å². The molecular weight excluding hydrogens is 188 g/mol. The molecule has 5 nitrogen and oxygen atoms in total. The number of carbonyl (C=O) groups is 1. The standard InChI is InChI=1S/C9H12O5/c1-9(2)12-4-6(14-9)8-5(10)3-7(11)13-8/h3,6,8,10H,4H2,1-2H3. The van der Waals surface area contributed by atoms with Gasteiger partial charge >= 0.3 is 5.97 Å². The van der Waals surface area contributed by atoms with Gasteiger partial charge < -0.3 is 19.3 Å². The summed E-state index contributed by atoms with van der Waals surface area (Å²) in [7, 11) is 0. The highest BCUT2D eigenvalue weighted by molar-refractivity contribution is 5.85. The molecule has 2 unspecified atom stereocenters. The summed E-state index contributed by atoms with van der Waals surface area (Å²) in [5, 5.41) is 9.37. The summed E-state index contributed by atoms with van der Waals surface area (Å²) >= 11 is 0. The zero-order chi connectivity index (χ0) is 10.3. The lowest BCUT2D eigenvalue weighted by Gasteiger charge is -2.20. The minimum absolute atomic E-state index is 0.0960. The maximum Gasteiger partial charge on any atom is 0.335 e. The Balaban J connectivity index is 2.05. The van der Waals surface area contributed by atoms with Gasteiger partial charge in [-0.1, -0.05) is 0 Å². The van der Waals surface area contributed by atoms with Crippen LogP contribution in [0.5, 0.6) is 0 Å². The molecule has 2 aliphatic rings. The van der Waals surface area contributed by atoms with Crippen LogP contribution < -0.4 is 0 Å². The van der Waals surface area contributed by atoms with Crippen molar-refractivity contribution in [3.05, 3.63) is 11.8 Å². The van der Waals surface area contributed by atoms with Gasteiger partial charge in [0.25, 0.3) is 0 Å². The van der Waals surface area contributed by atoms with Crippen molar-refractivity contribution in [2.75, 3.05) is 6.61 Å². The number of carbonyl (C=O) groups excluding carboxylic acids is 1. The quantitative estimate of drug-likeness (QED) is 0.624. The summed E-state index contributed by atoms with van der Waals surface area (Å²) in [6.45, 7) is 3.85. The average Bonchev–Trinajstić information content (AvgIpc) is 2.55. The van der Waals surface area contributed by atoms with Crippen LogP contribution in [0.4, 0.5) is 0 Å². The van der Waals surface area contributed by atoms with E-state index in [-0.39, 0.29) is 5.76 Å².